The summed E-state index contributed by atoms with van der Waals surface area (Å²) in [6.07, 6.45) is 0. The van der Waals surface area contributed by atoms with Crippen molar-refractivity contribution in [1.29, 1.82) is 0 Å². The summed E-state index contributed by atoms with van der Waals surface area (Å²) in [5, 5.41) is 1.11. The number of hydrogen-bond donors (Lipinski definition) is 0. The van der Waals surface area contributed by atoms with Gasteiger partial charge in [0.25, 0.3) is 0 Å². The van der Waals surface area contributed by atoms with Crippen LogP contribution in [0.15, 0.2) is 42.5 Å². The van der Waals surface area contributed by atoms with Gasteiger partial charge in [0.2, 0.25) is 0 Å². The molecule has 2 heterocycles. The molecular weight excluding hydrogens is 270 g/mol. The summed E-state index contributed by atoms with van der Waals surface area (Å²) in [5.74, 6) is 1.05. The standard InChI is InChI=1S/C19H19N3/c1-12-9-10-13-15(11-12)21-18(19(2,3)4)22-16-8-6-5-7-14(16)20-17(13)22/h5-11H,1-4H3. The van der Waals surface area contributed by atoms with Crippen molar-refractivity contribution in [3.8, 4) is 0 Å². The third-order valence-electron chi connectivity index (χ3n) is 4.06. The first kappa shape index (κ1) is 13.3. The highest BCUT2D eigenvalue weighted by molar-refractivity contribution is 5.96. The van der Waals surface area contributed by atoms with Crippen molar-refractivity contribution in [1.82, 2.24) is 14.4 Å². The molecule has 0 aliphatic heterocycles. The van der Waals surface area contributed by atoms with Crippen molar-refractivity contribution in [3.63, 3.8) is 0 Å². The third kappa shape index (κ3) is 1.82. The molecule has 4 rings (SSSR count). The molecule has 110 valence electrons. The van der Waals surface area contributed by atoms with E-state index in [1.165, 1.54) is 5.56 Å². The number of hydrogen-bond acceptors (Lipinski definition) is 2. The lowest BCUT2D eigenvalue weighted by molar-refractivity contribution is 0.542. The molecule has 0 N–H and O–H groups in total. The molecule has 0 unspecified atom stereocenters. The Morgan fingerprint density at radius 1 is 0.909 bits per heavy atom. The maximum Gasteiger partial charge on any atom is 0.148 e. The van der Waals surface area contributed by atoms with E-state index >= 15 is 0 Å². The van der Waals surface area contributed by atoms with E-state index in [9.17, 15) is 0 Å². The number of nitrogens with zero attached hydrogens (tertiary/aromatic N) is 3. The molecule has 2 aromatic heterocycles. The monoisotopic (exact) mass is 289 g/mol. The minimum absolute atomic E-state index is 0.0559. The molecule has 22 heavy (non-hydrogen) atoms. The van der Waals surface area contributed by atoms with Crippen LogP contribution in [0, 0.1) is 6.92 Å². The van der Waals surface area contributed by atoms with Crippen LogP contribution >= 0.6 is 0 Å². The van der Waals surface area contributed by atoms with Crippen LogP contribution in [0.1, 0.15) is 32.2 Å². The average molecular weight is 289 g/mol. The number of benzene rings is 2. The van der Waals surface area contributed by atoms with Gasteiger partial charge >= 0.3 is 0 Å². The Morgan fingerprint density at radius 3 is 2.45 bits per heavy atom. The van der Waals surface area contributed by atoms with Crippen LogP contribution in [0.3, 0.4) is 0 Å². The van der Waals surface area contributed by atoms with Gasteiger partial charge in [-0.15, -0.1) is 0 Å². The van der Waals surface area contributed by atoms with Crippen LogP contribution in [0.4, 0.5) is 0 Å². The first-order chi connectivity index (χ1) is 10.4. The molecular formula is C19H19N3. The first-order valence-corrected chi connectivity index (χ1v) is 7.63. The number of fused-ring (bicyclic) bond motifs is 5. The predicted octanol–water partition coefficient (Wildman–Crippen LogP) is 4.64. The lowest BCUT2D eigenvalue weighted by Crippen LogP contribution is -2.19. The summed E-state index contributed by atoms with van der Waals surface area (Å²) in [5.41, 5.74) is 5.32. The van der Waals surface area contributed by atoms with Gasteiger partial charge in [-0.25, -0.2) is 9.97 Å². The van der Waals surface area contributed by atoms with E-state index in [2.05, 4.69) is 68.5 Å². The first-order valence-electron chi connectivity index (χ1n) is 7.63. The van der Waals surface area contributed by atoms with Crippen LogP contribution in [-0.4, -0.2) is 14.4 Å². The molecule has 0 saturated heterocycles. The number of imidazole rings is 1. The second-order valence-corrected chi connectivity index (χ2v) is 6.97. The zero-order valence-corrected chi connectivity index (χ0v) is 13.4. The van der Waals surface area contributed by atoms with Crippen LogP contribution in [-0.2, 0) is 5.41 Å². The van der Waals surface area contributed by atoms with Crippen molar-refractivity contribution >= 4 is 27.6 Å². The maximum absolute atomic E-state index is 4.98. The average Bonchev–Trinajstić information content (AvgIpc) is 2.84. The van der Waals surface area contributed by atoms with Crippen molar-refractivity contribution in [3.05, 3.63) is 53.9 Å². The topological polar surface area (TPSA) is 30.2 Å². The number of aromatic nitrogens is 3. The molecule has 0 saturated carbocycles. The number of aryl methyl sites for hydroxylation is 1. The van der Waals surface area contributed by atoms with Gasteiger partial charge in [-0.2, -0.15) is 0 Å². The lowest BCUT2D eigenvalue weighted by Gasteiger charge is -2.20. The molecule has 0 bridgehead atoms. The lowest BCUT2D eigenvalue weighted by atomic mass is 9.95. The largest absolute Gasteiger partial charge is 0.279 e. The van der Waals surface area contributed by atoms with Crippen molar-refractivity contribution in [2.45, 2.75) is 33.1 Å². The van der Waals surface area contributed by atoms with Crippen LogP contribution in [0.5, 0.6) is 0 Å². The predicted molar refractivity (Wildman–Crippen MR) is 91.4 cm³/mol. The molecule has 3 nitrogen and oxygen atoms in total. The third-order valence-corrected chi connectivity index (χ3v) is 4.06. The highest BCUT2D eigenvalue weighted by Crippen LogP contribution is 2.30. The zero-order valence-electron chi connectivity index (χ0n) is 13.4. The Balaban J connectivity index is 2.31. The van der Waals surface area contributed by atoms with Crippen LogP contribution < -0.4 is 0 Å². The molecule has 0 radical (unpaired) electrons. The van der Waals surface area contributed by atoms with Gasteiger partial charge in [0.05, 0.1) is 16.6 Å². The van der Waals surface area contributed by atoms with E-state index in [1.807, 2.05) is 6.07 Å². The Hall–Kier alpha value is -2.42. The Morgan fingerprint density at radius 2 is 1.68 bits per heavy atom. The minimum atomic E-state index is -0.0559. The Bertz CT molecular complexity index is 1020. The van der Waals surface area contributed by atoms with Gasteiger partial charge in [-0.05, 0) is 36.8 Å². The molecule has 0 spiro atoms. The molecule has 0 aliphatic carbocycles. The van der Waals surface area contributed by atoms with E-state index in [-0.39, 0.29) is 5.41 Å². The maximum atomic E-state index is 4.98. The minimum Gasteiger partial charge on any atom is -0.279 e. The molecule has 0 aliphatic rings. The molecule has 3 heteroatoms. The molecule has 0 atom stereocenters. The van der Waals surface area contributed by atoms with Crippen molar-refractivity contribution in [2.75, 3.05) is 0 Å². The molecule has 4 aromatic rings. The summed E-state index contributed by atoms with van der Waals surface area (Å²) in [6, 6.07) is 14.7. The fraction of sp³-hybridized carbons (Fsp3) is 0.263. The summed E-state index contributed by atoms with van der Waals surface area (Å²) in [6.45, 7) is 8.70. The van der Waals surface area contributed by atoms with E-state index in [4.69, 9.17) is 9.97 Å². The van der Waals surface area contributed by atoms with Gasteiger partial charge in [0.1, 0.15) is 11.5 Å². The SMILES string of the molecule is Cc1ccc2c(c1)nc(C(C)(C)C)n1c3ccccc3nc21. The van der Waals surface area contributed by atoms with Gasteiger partial charge in [0.15, 0.2) is 0 Å². The van der Waals surface area contributed by atoms with Gasteiger partial charge < -0.3 is 0 Å². The second kappa shape index (κ2) is 4.29. The van der Waals surface area contributed by atoms with E-state index < -0.39 is 0 Å². The fourth-order valence-corrected chi connectivity index (χ4v) is 3.01. The van der Waals surface area contributed by atoms with Gasteiger partial charge in [-0.1, -0.05) is 39.0 Å². The highest BCUT2D eigenvalue weighted by Gasteiger charge is 2.23. The quantitative estimate of drug-likeness (QED) is 0.472. The van der Waals surface area contributed by atoms with Crippen molar-refractivity contribution in [2.24, 2.45) is 0 Å². The van der Waals surface area contributed by atoms with E-state index in [0.717, 1.165) is 33.4 Å². The smallest absolute Gasteiger partial charge is 0.148 e. The molecule has 2 aromatic carbocycles. The van der Waals surface area contributed by atoms with Gasteiger partial charge in [-0.3, -0.25) is 4.40 Å². The van der Waals surface area contributed by atoms with Crippen molar-refractivity contribution < 1.29 is 0 Å². The van der Waals surface area contributed by atoms with E-state index in [1.54, 1.807) is 0 Å². The summed E-state index contributed by atoms with van der Waals surface area (Å²) in [7, 11) is 0. The van der Waals surface area contributed by atoms with Gasteiger partial charge in [0, 0.05) is 10.8 Å². The Kier molecular flexibility index (Phi) is 2.59. The Labute approximate surface area is 129 Å². The molecule has 0 amide bonds. The normalized spacial score (nSPS) is 12.5. The number of rotatable bonds is 0. The zero-order chi connectivity index (χ0) is 15.5. The highest BCUT2D eigenvalue weighted by atomic mass is 15.1. The summed E-state index contributed by atoms with van der Waals surface area (Å²) >= 11 is 0. The van der Waals surface area contributed by atoms with E-state index in [0.29, 0.717) is 0 Å². The summed E-state index contributed by atoms with van der Waals surface area (Å²) in [4.78, 5) is 9.85. The summed E-state index contributed by atoms with van der Waals surface area (Å²) < 4.78 is 2.22. The fourth-order valence-electron chi connectivity index (χ4n) is 3.01. The number of para-hydroxylation sites is 2. The van der Waals surface area contributed by atoms with Crippen LogP contribution in [0.25, 0.3) is 27.6 Å². The molecule has 0 fully saturated rings. The second-order valence-electron chi connectivity index (χ2n) is 6.97. The van der Waals surface area contributed by atoms with Crippen LogP contribution in [0.2, 0.25) is 0 Å².